The number of hydrogen-bond acceptors (Lipinski definition) is 4. The summed E-state index contributed by atoms with van der Waals surface area (Å²) in [6, 6.07) is 7.06. The monoisotopic (exact) mass is 338 g/mol. The third-order valence-corrected chi connectivity index (χ3v) is 5.87. The Balaban J connectivity index is 1.45. The molecule has 2 unspecified atom stereocenters. The molecule has 0 saturated carbocycles. The van der Waals surface area contributed by atoms with Crippen molar-refractivity contribution in [2.45, 2.75) is 24.9 Å². The Hall–Kier alpha value is -2.18. The van der Waals surface area contributed by atoms with Gasteiger partial charge in [0.15, 0.2) is 5.69 Å². The van der Waals surface area contributed by atoms with E-state index in [-0.39, 0.29) is 5.91 Å². The van der Waals surface area contributed by atoms with E-state index in [1.54, 1.807) is 0 Å². The van der Waals surface area contributed by atoms with Gasteiger partial charge in [-0.15, -0.1) is 0 Å². The average molecular weight is 338 g/mol. The minimum Gasteiger partial charge on any atom is -0.377 e. The van der Waals surface area contributed by atoms with Crippen molar-refractivity contribution in [3.8, 4) is 0 Å². The number of rotatable bonds is 2. The highest BCUT2D eigenvalue weighted by Gasteiger charge is 2.44. The van der Waals surface area contributed by atoms with Gasteiger partial charge in [0, 0.05) is 30.6 Å². The lowest BCUT2D eigenvalue weighted by Gasteiger charge is -2.31. The fourth-order valence-corrected chi connectivity index (χ4v) is 4.42. The van der Waals surface area contributed by atoms with Gasteiger partial charge in [0.05, 0.1) is 18.7 Å². The molecule has 4 heterocycles. The predicted molar refractivity (Wildman–Crippen MR) is 95.4 cm³/mol. The van der Waals surface area contributed by atoms with Gasteiger partial charge in [0.1, 0.15) is 0 Å². The fraction of sp³-hybridized carbons (Fsp3) is 0.474. The summed E-state index contributed by atoms with van der Waals surface area (Å²) < 4.78 is 5.38. The van der Waals surface area contributed by atoms with Crippen molar-refractivity contribution in [3.63, 3.8) is 0 Å². The Labute approximate surface area is 146 Å². The van der Waals surface area contributed by atoms with Gasteiger partial charge in [-0.1, -0.05) is 12.1 Å². The lowest BCUT2D eigenvalue weighted by Crippen LogP contribution is -2.47. The SMILES string of the molecule is CN1CC2CC1CN2C(=O)c1n[nH]c2cc(C3=CCOCC3)ccc12. The molecular weight excluding hydrogens is 316 g/mol. The number of piperazine rings is 1. The molecule has 0 radical (unpaired) electrons. The van der Waals surface area contributed by atoms with Crippen LogP contribution in [0.3, 0.4) is 0 Å². The highest BCUT2D eigenvalue weighted by Crippen LogP contribution is 2.32. The first-order chi connectivity index (χ1) is 12.2. The Bertz CT molecular complexity index is 869. The number of hydrogen-bond donors (Lipinski definition) is 1. The highest BCUT2D eigenvalue weighted by molar-refractivity contribution is 6.05. The molecule has 0 spiro atoms. The maximum atomic E-state index is 13.0. The maximum absolute atomic E-state index is 13.0. The summed E-state index contributed by atoms with van der Waals surface area (Å²) in [5, 5.41) is 8.33. The van der Waals surface area contributed by atoms with Crippen LogP contribution in [-0.2, 0) is 4.74 Å². The van der Waals surface area contributed by atoms with Crippen LogP contribution >= 0.6 is 0 Å². The van der Waals surface area contributed by atoms with Crippen molar-refractivity contribution in [2.75, 3.05) is 33.4 Å². The molecule has 0 aliphatic carbocycles. The van der Waals surface area contributed by atoms with Gasteiger partial charge >= 0.3 is 0 Å². The van der Waals surface area contributed by atoms with Gasteiger partial charge in [0.25, 0.3) is 5.91 Å². The van der Waals surface area contributed by atoms with Crippen LogP contribution in [0, 0.1) is 0 Å². The van der Waals surface area contributed by atoms with E-state index in [9.17, 15) is 4.79 Å². The molecule has 2 bridgehead atoms. The largest absolute Gasteiger partial charge is 0.377 e. The zero-order chi connectivity index (χ0) is 17.0. The lowest BCUT2D eigenvalue weighted by molar-refractivity contribution is 0.0646. The molecule has 2 saturated heterocycles. The standard InChI is InChI=1S/C19H22N4O2/c1-22-10-15-9-14(22)11-23(15)19(24)18-16-3-2-13(8-17(16)20-21-18)12-4-6-25-7-5-12/h2-4,8,14-15H,5-7,9-11H2,1H3,(H,20,21). The molecule has 5 rings (SSSR count). The van der Waals surface area contributed by atoms with Crippen LogP contribution in [-0.4, -0.2) is 71.3 Å². The number of carbonyl (C=O) groups excluding carboxylic acids is 1. The van der Waals surface area contributed by atoms with Crippen molar-refractivity contribution < 1.29 is 9.53 Å². The van der Waals surface area contributed by atoms with E-state index in [0.29, 0.717) is 24.4 Å². The molecule has 2 fully saturated rings. The molecular formula is C19H22N4O2. The third kappa shape index (κ3) is 2.40. The van der Waals surface area contributed by atoms with E-state index in [0.717, 1.165) is 43.4 Å². The van der Waals surface area contributed by atoms with Gasteiger partial charge < -0.3 is 9.64 Å². The smallest absolute Gasteiger partial charge is 0.275 e. The molecule has 1 amide bonds. The van der Waals surface area contributed by atoms with Crippen molar-refractivity contribution in [1.82, 2.24) is 20.0 Å². The number of ether oxygens (including phenoxy) is 1. The summed E-state index contributed by atoms with van der Waals surface area (Å²) >= 11 is 0. The average Bonchev–Trinajstić information content (AvgIpc) is 3.34. The van der Waals surface area contributed by atoms with E-state index in [2.05, 4.69) is 40.4 Å². The van der Waals surface area contributed by atoms with Crippen molar-refractivity contribution in [2.24, 2.45) is 0 Å². The quantitative estimate of drug-likeness (QED) is 0.908. The van der Waals surface area contributed by atoms with E-state index < -0.39 is 0 Å². The molecule has 2 atom stereocenters. The van der Waals surface area contributed by atoms with Gasteiger partial charge in [-0.2, -0.15) is 5.10 Å². The Kier molecular flexibility index (Phi) is 3.43. The summed E-state index contributed by atoms with van der Waals surface area (Å²) in [7, 11) is 2.14. The van der Waals surface area contributed by atoms with Gasteiger partial charge in [0.2, 0.25) is 0 Å². The van der Waals surface area contributed by atoms with Crippen LogP contribution < -0.4 is 0 Å². The first kappa shape index (κ1) is 15.1. The number of aromatic nitrogens is 2. The van der Waals surface area contributed by atoms with Crippen LogP contribution in [0.1, 0.15) is 28.9 Å². The van der Waals surface area contributed by atoms with Crippen LogP contribution in [0.25, 0.3) is 16.5 Å². The molecule has 3 aliphatic rings. The summed E-state index contributed by atoms with van der Waals surface area (Å²) in [6.45, 7) is 3.23. The van der Waals surface area contributed by atoms with Crippen molar-refractivity contribution in [1.29, 1.82) is 0 Å². The molecule has 1 aromatic heterocycles. The first-order valence-corrected chi connectivity index (χ1v) is 8.97. The number of benzene rings is 1. The predicted octanol–water partition coefficient (Wildman–Crippen LogP) is 1.90. The van der Waals surface area contributed by atoms with Gasteiger partial charge in [-0.25, -0.2) is 0 Å². The zero-order valence-electron chi connectivity index (χ0n) is 14.4. The topological polar surface area (TPSA) is 61.5 Å². The minimum absolute atomic E-state index is 0.0601. The number of H-pyrrole nitrogens is 1. The van der Waals surface area contributed by atoms with Crippen molar-refractivity contribution >= 4 is 22.4 Å². The molecule has 3 aliphatic heterocycles. The molecule has 25 heavy (non-hydrogen) atoms. The number of fused-ring (bicyclic) bond motifs is 3. The van der Waals surface area contributed by atoms with Crippen LogP contribution in [0.2, 0.25) is 0 Å². The number of carbonyl (C=O) groups is 1. The van der Waals surface area contributed by atoms with Crippen LogP contribution in [0.15, 0.2) is 24.3 Å². The van der Waals surface area contributed by atoms with E-state index in [1.165, 1.54) is 11.1 Å². The number of aromatic amines is 1. The lowest BCUT2D eigenvalue weighted by atomic mass is 10.00. The van der Waals surface area contributed by atoms with Crippen molar-refractivity contribution in [3.05, 3.63) is 35.5 Å². The van der Waals surface area contributed by atoms with Gasteiger partial charge in [-0.3, -0.25) is 14.8 Å². The first-order valence-electron chi connectivity index (χ1n) is 8.97. The third-order valence-electron chi connectivity index (χ3n) is 5.87. The number of likely N-dealkylation sites (N-methyl/N-ethyl adjacent to an activating group) is 1. The van der Waals surface area contributed by atoms with E-state index in [4.69, 9.17) is 4.74 Å². The zero-order valence-corrected chi connectivity index (χ0v) is 14.4. The second kappa shape index (κ2) is 5.68. The summed E-state index contributed by atoms with van der Waals surface area (Å²) in [4.78, 5) is 17.4. The molecule has 6 nitrogen and oxygen atoms in total. The van der Waals surface area contributed by atoms with E-state index in [1.807, 2.05) is 11.0 Å². The molecule has 1 aromatic carbocycles. The Morgan fingerprint density at radius 1 is 1.32 bits per heavy atom. The molecule has 1 N–H and O–H groups in total. The van der Waals surface area contributed by atoms with Gasteiger partial charge in [-0.05, 0) is 43.2 Å². The molecule has 2 aromatic rings. The second-order valence-corrected chi connectivity index (χ2v) is 7.33. The number of likely N-dealkylation sites (tertiary alicyclic amines) is 2. The number of nitrogens with one attached hydrogen (secondary N) is 1. The molecule has 6 heteroatoms. The summed E-state index contributed by atoms with van der Waals surface area (Å²) in [6.07, 6.45) is 4.14. The van der Waals surface area contributed by atoms with E-state index >= 15 is 0 Å². The minimum atomic E-state index is 0.0601. The molecule has 130 valence electrons. The summed E-state index contributed by atoms with van der Waals surface area (Å²) in [5.41, 5.74) is 3.96. The second-order valence-electron chi connectivity index (χ2n) is 7.33. The summed E-state index contributed by atoms with van der Waals surface area (Å²) in [5.74, 6) is 0.0601. The highest BCUT2D eigenvalue weighted by atomic mass is 16.5. The number of nitrogens with zero attached hydrogens (tertiary/aromatic N) is 3. The Morgan fingerprint density at radius 2 is 2.24 bits per heavy atom. The maximum Gasteiger partial charge on any atom is 0.275 e. The normalized spacial score (nSPS) is 26.4. The van der Waals surface area contributed by atoms with Crippen LogP contribution in [0.5, 0.6) is 0 Å². The Morgan fingerprint density at radius 3 is 2.96 bits per heavy atom. The van der Waals surface area contributed by atoms with Crippen LogP contribution in [0.4, 0.5) is 0 Å². The fourth-order valence-electron chi connectivity index (χ4n) is 4.42. The number of amides is 1.